The number of carbonyl (C=O) groups excluding carboxylic acids is 2. The van der Waals surface area contributed by atoms with Crippen molar-refractivity contribution in [1.82, 2.24) is 5.43 Å². The van der Waals surface area contributed by atoms with Gasteiger partial charge in [0.15, 0.2) is 5.76 Å². The number of nitrogens with zero attached hydrogens (tertiary/aromatic N) is 1. The Morgan fingerprint density at radius 2 is 1.59 bits per heavy atom. The van der Waals surface area contributed by atoms with E-state index in [4.69, 9.17) is 4.42 Å². The largest absolute Gasteiger partial charge is 0.459 e. The quantitative estimate of drug-likeness (QED) is 0.532. The van der Waals surface area contributed by atoms with Gasteiger partial charge in [0.2, 0.25) is 0 Å². The first-order valence-corrected chi connectivity index (χ1v) is 8.08. The molecule has 0 aliphatic heterocycles. The maximum absolute atomic E-state index is 12.9. The number of rotatable bonds is 5. The summed E-state index contributed by atoms with van der Waals surface area (Å²) in [6, 6.07) is 15.4. The van der Waals surface area contributed by atoms with Crippen molar-refractivity contribution in [3.05, 3.63) is 89.6 Å². The second-order valence-corrected chi connectivity index (χ2v) is 5.65. The van der Waals surface area contributed by atoms with Crippen LogP contribution in [0.25, 0.3) is 0 Å². The van der Waals surface area contributed by atoms with Gasteiger partial charge in [0, 0.05) is 11.3 Å². The van der Waals surface area contributed by atoms with Crippen LogP contribution in [0, 0.1) is 5.82 Å². The SMILES string of the molecule is C/C(=N/NC(=O)c1ccco1)c1ccc(NC(=O)c2ccc(F)cc2)cc1. The van der Waals surface area contributed by atoms with E-state index in [-0.39, 0.29) is 11.7 Å². The number of hydrogen-bond donors (Lipinski definition) is 2. The van der Waals surface area contributed by atoms with Gasteiger partial charge in [0.05, 0.1) is 12.0 Å². The maximum atomic E-state index is 12.9. The molecular formula is C20H16FN3O3. The van der Waals surface area contributed by atoms with Crippen LogP contribution in [0.4, 0.5) is 10.1 Å². The summed E-state index contributed by atoms with van der Waals surface area (Å²) in [6.45, 7) is 1.74. The molecule has 136 valence electrons. The van der Waals surface area contributed by atoms with Crippen molar-refractivity contribution in [3.8, 4) is 0 Å². The van der Waals surface area contributed by atoms with Crippen LogP contribution in [0.2, 0.25) is 0 Å². The van der Waals surface area contributed by atoms with E-state index in [0.29, 0.717) is 17.0 Å². The van der Waals surface area contributed by atoms with Crippen LogP contribution in [0.5, 0.6) is 0 Å². The first kappa shape index (κ1) is 18.1. The summed E-state index contributed by atoms with van der Waals surface area (Å²) in [5.41, 5.74) is 4.72. The van der Waals surface area contributed by atoms with Gasteiger partial charge in [0.1, 0.15) is 5.82 Å². The second-order valence-electron chi connectivity index (χ2n) is 5.65. The Morgan fingerprint density at radius 1 is 0.926 bits per heavy atom. The Morgan fingerprint density at radius 3 is 2.22 bits per heavy atom. The fourth-order valence-electron chi connectivity index (χ4n) is 2.26. The lowest BCUT2D eigenvalue weighted by Gasteiger charge is -2.07. The number of benzene rings is 2. The lowest BCUT2D eigenvalue weighted by atomic mass is 10.1. The molecule has 1 aromatic heterocycles. The summed E-state index contributed by atoms with van der Waals surface area (Å²) in [6.07, 6.45) is 1.41. The first-order chi connectivity index (χ1) is 13.0. The summed E-state index contributed by atoms with van der Waals surface area (Å²) in [4.78, 5) is 23.9. The van der Waals surface area contributed by atoms with E-state index >= 15 is 0 Å². The van der Waals surface area contributed by atoms with Gasteiger partial charge < -0.3 is 9.73 Å². The topological polar surface area (TPSA) is 83.7 Å². The molecule has 27 heavy (non-hydrogen) atoms. The lowest BCUT2D eigenvalue weighted by Crippen LogP contribution is -2.18. The minimum atomic E-state index is -0.442. The zero-order chi connectivity index (χ0) is 19.2. The third kappa shape index (κ3) is 4.66. The van der Waals surface area contributed by atoms with Crippen LogP contribution in [0.1, 0.15) is 33.4 Å². The molecule has 0 unspecified atom stereocenters. The number of nitrogens with one attached hydrogen (secondary N) is 2. The molecule has 0 saturated carbocycles. The molecule has 0 spiro atoms. The number of anilines is 1. The van der Waals surface area contributed by atoms with Gasteiger partial charge in [-0.25, -0.2) is 9.82 Å². The fraction of sp³-hybridized carbons (Fsp3) is 0.0500. The van der Waals surface area contributed by atoms with Crippen LogP contribution in [-0.2, 0) is 0 Å². The summed E-state index contributed by atoms with van der Waals surface area (Å²) in [7, 11) is 0. The zero-order valence-electron chi connectivity index (χ0n) is 14.4. The van der Waals surface area contributed by atoms with Gasteiger partial charge in [-0.05, 0) is 61.0 Å². The normalized spacial score (nSPS) is 11.1. The molecule has 2 aromatic carbocycles. The molecule has 2 amide bonds. The molecule has 6 nitrogen and oxygen atoms in total. The molecule has 3 aromatic rings. The smallest absolute Gasteiger partial charge is 0.307 e. The molecule has 0 aliphatic carbocycles. The van der Waals surface area contributed by atoms with E-state index in [9.17, 15) is 14.0 Å². The monoisotopic (exact) mass is 365 g/mol. The van der Waals surface area contributed by atoms with Crippen molar-refractivity contribution >= 4 is 23.2 Å². The molecule has 0 radical (unpaired) electrons. The van der Waals surface area contributed by atoms with Crippen molar-refractivity contribution in [1.29, 1.82) is 0 Å². The minimum Gasteiger partial charge on any atom is -0.459 e. The van der Waals surface area contributed by atoms with E-state index in [1.165, 1.54) is 30.5 Å². The lowest BCUT2D eigenvalue weighted by molar-refractivity contribution is 0.0926. The Hall–Kier alpha value is -3.74. The predicted molar refractivity (Wildman–Crippen MR) is 99.2 cm³/mol. The Kier molecular flexibility index (Phi) is 5.41. The third-order valence-corrected chi connectivity index (χ3v) is 3.74. The molecule has 0 fully saturated rings. The molecule has 2 N–H and O–H groups in total. The van der Waals surface area contributed by atoms with Gasteiger partial charge in [-0.3, -0.25) is 9.59 Å². The van der Waals surface area contributed by atoms with E-state index in [1.807, 2.05) is 0 Å². The highest BCUT2D eigenvalue weighted by atomic mass is 19.1. The Bertz CT molecular complexity index is 963. The van der Waals surface area contributed by atoms with E-state index in [1.54, 1.807) is 43.3 Å². The molecule has 0 atom stereocenters. The van der Waals surface area contributed by atoms with Gasteiger partial charge >= 0.3 is 5.91 Å². The predicted octanol–water partition coefficient (Wildman–Crippen LogP) is 3.83. The molecule has 0 saturated heterocycles. The summed E-state index contributed by atoms with van der Waals surface area (Å²) in [5.74, 6) is -1.00. The summed E-state index contributed by atoms with van der Waals surface area (Å²) >= 11 is 0. The average molecular weight is 365 g/mol. The number of halogens is 1. The van der Waals surface area contributed by atoms with Crippen LogP contribution in [0.3, 0.4) is 0 Å². The number of furan rings is 1. The van der Waals surface area contributed by atoms with Crippen molar-refractivity contribution < 1.29 is 18.4 Å². The maximum Gasteiger partial charge on any atom is 0.307 e. The van der Waals surface area contributed by atoms with E-state index in [2.05, 4.69) is 15.8 Å². The third-order valence-electron chi connectivity index (χ3n) is 3.74. The van der Waals surface area contributed by atoms with Gasteiger partial charge in [-0.1, -0.05) is 12.1 Å². The summed E-state index contributed by atoms with van der Waals surface area (Å²) < 4.78 is 17.9. The molecule has 3 rings (SSSR count). The van der Waals surface area contributed by atoms with Crippen molar-refractivity contribution in [2.75, 3.05) is 5.32 Å². The molecule has 7 heteroatoms. The standard InChI is InChI=1S/C20H16FN3O3/c1-13(23-24-20(26)18-3-2-12-27-18)14-6-10-17(11-7-14)22-19(25)15-4-8-16(21)9-5-15/h2-12H,1H3,(H,22,25)(H,24,26)/b23-13-. The average Bonchev–Trinajstić information content (AvgIpc) is 3.22. The van der Waals surface area contributed by atoms with Crippen LogP contribution >= 0.6 is 0 Å². The first-order valence-electron chi connectivity index (χ1n) is 8.08. The number of hydrazone groups is 1. The van der Waals surface area contributed by atoms with Crippen LogP contribution in [-0.4, -0.2) is 17.5 Å². The van der Waals surface area contributed by atoms with E-state index < -0.39 is 11.7 Å². The Balaban J connectivity index is 1.62. The van der Waals surface area contributed by atoms with Crippen molar-refractivity contribution in [2.24, 2.45) is 5.10 Å². The van der Waals surface area contributed by atoms with Crippen molar-refractivity contribution in [3.63, 3.8) is 0 Å². The second kappa shape index (κ2) is 8.09. The van der Waals surface area contributed by atoms with Gasteiger partial charge in [0.25, 0.3) is 5.91 Å². The van der Waals surface area contributed by atoms with Gasteiger partial charge in [-0.2, -0.15) is 5.10 Å². The molecule has 0 bridgehead atoms. The van der Waals surface area contributed by atoms with E-state index in [0.717, 1.165) is 5.56 Å². The highest BCUT2D eigenvalue weighted by Crippen LogP contribution is 2.13. The number of amides is 2. The molecule has 0 aliphatic rings. The Labute approximate surface area is 154 Å². The zero-order valence-corrected chi connectivity index (χ0v) is 14.4. The fourth-order valence-corrected chi connectivity index (χ4v) is 2.26. The highest BCUT2D eigenvalue weighted by Gasteiger charge is 2.08. The number of carbonyl (C=O) groups is 2. The van der Waals surface area contributed by atoms with Crippen molar-refractivity contribution in [2.45, 2.75) is 6.92 Å². The van der Waals surface area contributed by atoms with Crippen LogP contribution in [0.15, 0.2) is 76.4 Å². The summed E-state index contributed by atoms with van der Waals surface area (Å²) in [5, 5.41) is 6.76. The highest BCUT2D eigenvalue weighted by molar-refractivity contribution is 6.05. The van der Waals surface area contributed by atoms with Crippen LogP contribution < -0.4 is 10.7 Å². The number of hydrogen-bond acceptors (Lipinski definition) is 4. The van der Waals surface area contributed by atoms with Gasteiger partial charge in [-0.15, -0.1) is 0 Å². The molecular weight excluding hydrogens is 349 g/mol. The molecule has 1 heterocycles. The minimum absolute atomic E-state index is 0.172.